The Kier molecular flexibility index (Phi) is 5.23. The lowest BCUT2D eigenvalue weighted by molar-refractivity contribution is 0.0651. The van der Waals surface area contributed by atoms with Crippen molar-refractivity contribution in [2.45, 2.75) is 19.3 Å². The van der Waals surface area contributed by atoms with Gasteiger partial charge in [0.2, 0.25) is 0 Å². The minimum Gasteiger partial charge on any atom is -0.494 e. The number of benzene rings is 2. The molecule has 5 nitrogen and oxygen atoms in total. The maximum absolute atomic E-state index is 12.2. The summed E-state index contributed by atoms with van der Waals surface area (Å²) in [5.74, 6) is 0.324. The number of carbonyl (C=O) groups excluding carboxylic acids is 3. The molecular formula is C20H19NO4. The first kappa shape index (κ1) is 16.9. The lowest BCUT2D eigenvalue weighted by Crippen LogP contribution is -2.30. The molecule has 2 aromatic rings. The fraction of sp³-hybridized carbons (Fsp3) is 0.250. The highest BCUT2D eigenvalue weighted by Gasteiger charge is 2.34. The minimum absolute atomic E-state index is 0.202. The molecule has 1 aliphatic rings. The van der Waals surface area contributed by atoms with Crippen LogP contribution in [0.25, 0.3) is 0 Å². The second-order valence-corrected chi connectivity index (χ2v) is 5.90. The number of rotatable bonds is 8. The molecule has 128 valence electrons. The Hall–Kier alpha value is -2.95. The van der Waals surface area contributed by atoms with Crippen molar-refractivity contribution in [1.29, 1.82) is 0 Å². The molecule has 0 aromatic heterocycles. The third-order valence-corrected chi connectivity index (χ3v) is 4.19. The summed E-state index contributed by atoms with van der Waals surface area (Å²) in [5.41, 5.74) is 1.61. The third-order valence-electron chi connectivity index (χ3n) is 4.19. The van der Waals surface area contributed by atoms with Gasteiger partial charge >= 0.3 is 0 Å². The van der Waals surface area contributed by atoms with Crippen molar-refractivity contribution in [1.82, 2.24) is 4.90 Å². The van der Waals surface area contributed by atoms with Crippen LogP contribution in [-0.4, -0.2) is 36.2 Å². The summed E-state index contributed by atoms with van der Waals surface area (Å²) in [6.45, 7) is 0.989. The standard InChI is InChI=1S/C20H19NO4/c22-14-15-8-10-16(11-9-15)25-13-5-1-4-12-21-19(23)17-6-2-3-7-18(17)20(21)24/h2-3,6-11,14H,1,4-5,12-13H2. The minimum atomic E-state index is -0.202. The third kappa shape index (κ3) is 3.76. The number of fused-ring (bicyclic) bond motifs is 1. The van der Waals surface area contributed by atoms with Gasteiger partial charge in [-0.25, -0.2) is 0 Å². The molecule has 0 radical (unpaired) electrons. The highest BCUT2D eigenvalue weighted by atomic mass is 16.5. The molecule has 3 rings (SSSR count). The van der Waals surface area contributed by atoms with Crippen LogP contribution in [0.1, 0.15) is 50.3 Å². The van der Waals surface area contributed by atoms with Crippen LogP contribution in [0.4, 0.5) is 0 Å². The van der Waals surface area contributed by atoms with Crippen molar-refractivity contribution in [2.75, 3.05) is 13.2 Å². The maximum atomic E-state index is 12.2. The Morgan fingerprint density at radius 1 is 0.840 bits per heavy atom. The molecule has 25 heavy (non-hydrogen) atoms. The van der Waals surface area contributed by atoms with E-state index >= 15 is 0 Å². The summed E-state index contributed by atoms with van der Waals surface area (Å²) in [6, 6.07) is 13.9. The van der Waals surface area contributed by atoms with Crippen LogP contribution >= 0.6 is 0 Å². The number of hydrogen-bond donors (Lipinski definition) is 0. The lowest BCUT2D eigenvalue weighted by Gasteiger charge is -2.13. The highest BCUT2D eigenvalue weighted by molar-refractivity contribution is 6.21. The van der Waals surface area contributed by atoms with Gasteiger partial charge in [0, 0.05) is 12.1 Å². The SMILES string of the molecule is O=Cc1ccc(OCCCCCN2C(=O)c3ccccc3C2=O)cc1. The van der Waals surface area contributed by atoms with E-state index in [2.05, 4.69) is 0 Å². The van der Waals surface area contributed by atoms with Gasteiger partial charge in [0.1, 0.15) is 12.0 Å². The fourth-order valence-corrected chi connectivity index (χ4v) is 2.82. The zero-order chi connectivity index (χ0) is 17.6. The van der Waals surface area contributed by atoms with Crippen molar-refractivity contribution in [3.8, 4) is 5.75 Å². The average molecular weight is 337 g/mol. The number of amides is 2. The summed E-state index contributed by atoms with van der Waals surface area (Å²) >= 11 is 0. The van der Waals surface area contributed by atoms with Crippen LogP contribution in [-0.2, 0) is 0 Å². The van der Waals surface area contributed by atoms with Crippen LogP contribution in [0.5, 0.6) is 5.75 Å². The highest BCUT2D eigenvalue weighted by Crippen LogP contribution is 2.22. The van der Waals surface area contributed by atoms with Crippen LogP contribution < -0.4 is 4.74 Å². The molecule has 0 N–H and O–H groups in total. The Labute approximate surface area is 146 Å². The summed E-state index contributed by atoms with van der Waals surface area (Å²) in [5, 5.41) is 0. The van der Waals surface area contributed by atoms with Gasteiger partial charge in [-0.3, -0.25) is 19.3 Å². The first-order chi connectivity index (χ1) is 12.2. The van der Waals surface area contributed by atoms with Crippen molar-refractivity contribution < 1.29 is 19.1 Å². The van der Waals surface area contributed by atoms with E-state index < -0.39 is 0 Å². The summed E-state index contributed by atoms with van der Waals surface area (Å²) in [6.07, 6.45) is 3.24. The summed E-state index contributed by atoms with van der Waals surface area (Å²) < 4.78 is 5.61. The molecule has 0 fully saturated rings. The first-order valence-electron chi connectivity index (χ1n) is 8.34. The number of nitrogens with zero attached hydrogens (tertiary/aromatic N) is 1. The van der Waals surface area contributed by atoms with E-state index in [4.69, 9.17) is 4.74 Å². The molecule has 1 aliphatic heterocycles. The van der Waals surface area contributed by atoms with Crippen molar-refractivity contribution in [3.63, 3.8) is 0 Å². The average Bonchev–Trinajstić information content (AvgIpc) is 2.90. The summed E-state index contributed by atoms with van der Waals surface area (Å²) in [4.78, 5) is 36.3. The van der Waals surface area contributed by atoms with Crippen molar-refractivity contribution in [2.24, 2.45) is 0 Å². The van der Waals surface area contributed by atoms with Crippen LogP contribution in [0.3, 0.4) is 0 Å². The molecule has 0 saturated heterocycles. The number of ether oxygens (including phenoxy) is 1. The predicted molar refractivity (Wildman–Crippen MR) is 93.0 cm³/mol. The number of hydrogen-bond acceptors (Lipinski definition) is 4. The molecule has 0 spiro atoms. The normalized spacial score (nSPS) is 13.0. The van der Waals surface area contributed by atoms with Crippen LogP contribution in [0, 0.1) is 0 Å². The molecule has 0 saturated carbocycles. The van der Waals surface area contributed by atoms with Gasteiger partial charge in [0.05, 0.1) is 17.7 Å². The second kappa shape index (κ2) is 7.75. The fourth-order valence-electron chi connectivity index (χ4n) is 2.82. The van der Waals surface area contributed by atoms with Gasteiger partial charge in [0.15, 0.2) is 0 Å². The van der Waals surface area contributed by atoms with Gasteiger partial charge in [-0.1, -0.05) is 12.1 Å². The largest absolute Gasteiger partial charge is 0.494 e. The van der Waals surface area contributed by atoms with E-state index in [0.717, 1.165) is 31.3 Å². The van der Waals surface area contributed by atoms with Gasteiger partial charge < -0.3 is 4.74 Å². The van der Waals surface area contributed by atoms with E-state index in [1.54, 1.807) is 48.5 Å². The Morgan fingerprint density at radius 3 is 2.08 bits per heavy atom. The van der Waals surface area contributed by atoms with E-state index in [9.17, 15) is 14.4 Å². The number of unbranched alkanes of at least 4 members (excludes halogenated alkanes) is 2. The van der Waals surface area contributed by atoms with Gasteiger partial charge in [-0.2, -0.15) is 0 Å². The van der Waals surface area contributed by atoms with Gasteiger partial charge in [-0.05, 0) is 55.7 Å². The zero-order valence-corrected chi connectivity index (χ0v) is 13.8. The van der Waals surface area contributed by atoms with Crippen LogP contribution in [0.15, 0.2) is 48.5 Å². The molecular weight excluding hydrogens is 318 g/mol. The number of aldehydes is 1. The smallest absolute Gasteiger partial charge is 0.261 e. The molecule has 2 aromatic carbocycles. The van der Waals surface area contributed by atoms with Crippen molar-refractivity contribution >= 4 is 18.1 Å². The number of carbonyl (C=O) groups is 3. The second-order valence-electron chi connectivity index (χ2n) is 5.90. The van der Waals surface area contributed by atoms with Crippen molar-refractivity contribution in [3.05, 3.63) is 65.2 Å². The van der Waals surface area contributed by atoms with E-state index in [1.165, 1.54) is 4.90 Å². The van der Waals surface area contributed by atoms with E-state index in [0.29, 0.717) is 29.8 Å². The molecule has 2 amide bonds. The van der Waals surface area contributed by atoms with Gasteiger partial charge in [-0.15, -0.1) is 0 Å². The molecule has 0 atom stereocenters. The Bertz CT molecular complexity index is 748. The Morgan fingerprint density at radius 2 is 1.48 bits per heavy atom. The molecule has 0 bridgehead atoms. The zero-order valence-electron chi connectivity index (χ0n) is 13.8. The maximum Gasteiger partial charge on any atom is 0.261 e. The van der Waals surface area contributed by atoms with Crippen LogP contribution in [0.2, 0.25) is 0 Å². The molecule has 5 heteroatoms. The quantitative estimate of drug-likeness (QED) is 0.421. The molecule has 0 aliphatic carbocycles. The topological polar surface area (TPSA) is 63.7 Å². The first-order valence-corrected chi connectivity index (χ1v) is 8.34. The van der Waals surface area contributed by atoms with E-state index in [-0.39, 0.29) is 11.8 Å². The van der Waals surface area contributed by atoms with Gasteiger partial charge in [0.25, 0.3) is 11.8 Å². The number of imide groups is 1. The molecule has 0 unspecified atom stereocenters. The monoisotopic (exact) mass is 337 g/mol. The Balaban J connectivity index is 1.38. The lowest BCUT2D eigenvalue weighted by atomic mass is 10.1. The van der Waals surface area contributed by atoms with E-state index in [1.807, 2.05) is 0 Å². The molecule has 1 heterocycles. The predicted octanol–water partition coefficient (Wildman–Crippen LogP) is 3.34. The summed E-state index contributed by atoms with van der Waals surface area (Å²) in [7, 11) is 0.